The Morgan fingerprint density at radius 3 is 2.48 bits per heavy atom. The molecule has 1 amide bonds. The van der Waals surface area contributed by atoms with Crippen LogP contribution in [-0.4, -0.2) is 66.1 Å². The van der Waals surface area contributed by atoms with Crippen LogP contribution in [0.2, 0.25) is 0 Å². The molecule has 0 aromatic carbocycles. The lowest BCUT2D eigenvalue weighted by Crippen LogP contribution is -2.37. The van der Waals surface area contributed by atoms with E-state index in [2.05, 4.69) is 13.8 Å². The second kappa shape index (κ2) is 8.34. The Hall–Kier alpha value is -1.14. The Labute approximate surface area is 127 Å². The van der Waals surface area contributed by atoms with Crippen molar-refractivity contribution in [1.29, 1.82) is 0 Å². The molecular weight excluding hydrogens is 270 g/mol. The van der Waals surface area contributed by atoms with E-state index in [0.29, 0.717) is 26.1 Å². The predicted molar refractivity (Wildman–Crippen MR) is 82.0 cm³/mol. The Bertz CT molecular complexity index is 358. The number of amides is 1. The van der Waals surface area contributed by atoms with Crippen molar-refractivity contribution in [3.8, 4) is 0 Å². The van der Waals surface area contributed by atoms with Crippen LogP contribution in [0.3, 0.4) is 0 Å². The first kappa shape index (κ1) is 17.9. The van der Waals surface area contributed by atoms with E-state index in [1.165, 1.54) is 0 Å². The van der Waals surface area contributed by atoms with Gasteiger partial charge in [0.25, 0.3) is 0 Å². The Morgan fingerprint density at radius 1 is 1.14 bits per heavy atom. The topological polar surface area (TPSA) is 86.9 Å². The molecule has 1 saturated heterocycles. The number of carboxylic acid groups (broad SMARTS) is 1. The molecule has 1 heterocycles. The van der Waals surface area contributed by atoms with Gasteiger partial charge >= 0.3 is 5.97 Å². The van der Waals surface area contributed by atoms with Crippen molar-refractivity contribution in [3.63, 3.8) is 0 Å². The number of nitrogens with two attached hydrogens (primary N) is 1. The fraction of sp³-hybridized carbons (Fsp3) is 0.867. The van der Waals surface area contributed by atoms with Gasteiger partial charge < -0.3 is 15.7 Å². The molecule has 0 aromatic heterocycles. The molecule has 1 fully saturated rings. The first-order valence-corrected chi connectivity index (χ1v) is 7.76. The van der Waals surface area contributed by atoms with E-state index >= 15 is 0 Å². The number of carboxylic acids is 1. The summed E-state index contributed by atoms with van der Waals surface area (Å²) < 4.78 is 0. The number of nitrogens with zero attached hydrogens (tertiary/aromatic N) is 2. The largest absolute Gasteiger partial charge is 0.480 e. The molecule has 6 nitrogen and oxygen atoms in total. The quantitative estimate of drug-likeness (QED) is 0.725. The van der Waals surface area contributed by atoms with Crippen LogP contribution in [0.5, 0.6) is 0 Å². The number of carbonyl (C=O) groups is 2. The van der Waals surface area contributed by atoms with Crippen molar-refractivity contribution in [2.75, 3.05) is 39.3 Å². The van der Waals surface area contributed by atoms with E-state index in [4.69, 9.17) is 10.8 Å². The molecule has 3 N–H and O–H groups in total. The van der Waals surface area contributed by atoms with Gasteiger partial charge in [-0.3, -0.25) is 14.5 Å². The van der Waals surface area contributed by atoms with Crippen molar-refractivity contribution in [3.05, 3.63) is 0 Å². The molecule has 0 radical (unpaired) electrons. The van der Waals surface area contributed by atoms with Crippen LogP contribution in [0.15, 0.2) is 0 Å². The second-order valence-corrected chi connectivity index (χ2v) is 6.61. The monoisotopic (exact) mass is 299 g/mol. The summed E-state index contributed by atoms with van der Waals surface area (Å²) in [6.45, 7) is 7.74. The summed E-state index contributed by atoms with van der Waals surface area (Å²) in [5, 5.41) is 8.82. The maximum Gasteiger partial charge on any atom is 0.317 e. The Kier molecular flexibility index (Phi) is 7.11. The number of carbonyl (C=O) groups excluding carboxylic acids is 1. The van der Waals surface area contributed by atoms with Gasteiger partial charge in [0.2, 0.25) is 5.91 Å². The van der Waals surface area contributed by atoms with Crippen LogP contribution in [0.1, 0.15) is 39.5 Å². The molecule has 1 aliphatic rings. The number of hydrogen-bond donors (Lipinski definition) is 2. The summed E-state index contributed by atoms with van der Waals surface area (Å²) in [6.07, 6.45) is 3.15. The molecule has 0 bridgehead atoms. The van der Waals surface area contributed by atoms with Gasteiger partial charge in [0, 0.05) is 32.6 Å². The zero-order valence-electron chi connectivity index (χ0n) is 13.3. The van der Waals surface area contributed by atoms with Crippen LogP contribution in [0.4, 0.5) is 0 Å². The van der Waals surface area contributed by atoms with Gasteiger partial charge in [-0.05, 0) is 31.2 Å². The second-order valence-electron chi connectivity index (χ2n) is 6.61. The summed E-state index contributed by atoms with van der Waals surface area (Å²) in [5.41, 5.74) is 5.69. The van der Waals surface area contributed by atoms with Crippen LogP contribution in [0, 0.1) is 5.41 Å². The molecular formula is C15H29N3O3. The Balaban J connectivity index is 2.39. The number of rotatable bonds is 7. The minimum absolute atomic E-state index is 0.0611. The minimum Gasteiger partial charge on any atom is -0.480 e. The van der Waals surface area contributed by atoms with Crippen molar-refractivity contribution >= 4 is 11.9 Å². The fourth-order valence-corrected chi connectivity index (χ4v) is 2.69. The summed E-state index contributed by atoms with van der Waals surface area (Å²) in [5.74, 6) is -0.629. The van der Waals surface area contributed by atoms with Gasteiger partial charge in [0.05, 0.1) is 6.54 Å². The van der Waals surface area contributed by atoms with Gasteiger partial charge in [-0.1, -0.05) is 13.8 Å². The van der Waals surface area contributed by atoms with Gasteiger partial charge in [-0.25, -0.2) is 0 Å². The lowest BCUT2D eigenvalue weighted by molar-refractivity contribution is -0.138. The fourth-order valence-electron chi connectivity index (χ4n) is 2.69. The highest BCUT2D eigenvalue weighted by Gasteiger charge is 2.23. The molecule has 1 aliphatic heterocycles. The third kappa shape index (κ3) is 6.91. The third-order valence-corrected chi connectivity index (χ3v) is 4.14. The van der Waals surface area contributed by atoms with E-state index in [9.17, 15) is 9.59 Å². The lowest BCUT2D eigenvalue weighted by atomic mass is 9.84. The first-order valence-electron chi connectivity index (χ1n) is 7.76. The lowest BCUT2D eigenvalue weighted by Gasteiger charge is -2.26. The highest BCUT2D eigenvalue weighted by atomic mass is 16.4. The van der Waals surface area contributed by atoms with E-state index in [-0.39, 0.29) is 17.9 Å². The maximum absolute atomic E-state index is 12.3. The molecule has 0 atom stereocenters. The molecule has 6 heteroatoms. The van der Waals surface area contributed by atoms with Crippen LogP contribution in [0.25, 0.3) is 0 Å². The average Bonchev–Trinajstić information content (AvgIpc) is 2.61. The SMILES string of the molecule is CC(C)(CCN)CCC(=O)N1CCCN(CC(=O)O)CC1. The molecule has 0 saturated carbocycles. The van der Waals surface area contributed by atoms with E-state index in [0.717, 1.165) is 32.4 Å². The normalized spacial score (nSPS) is 17.6. The van der Waals surface area contributed by atoms with Crippen molar-refractivity contribution in [2.45, 2.75) is 39.5 Å². The molecule has 0 unspecified atom stereocenters. The van der Waals surface area contributed by atoms with E-state index in [1.807, 2.05) is 9.80 Å². The summed E-state index contributed by atoms with van der Waals surface area (Å²) >= 11 is 0. The van der Waals surface area contributed by atoms with Crippen LogP contribution < -0.4 is 5.73 Å². The molecule has 1 rings (SSSR count). The average molecular weight is 299 g/mol. The number of hydrogen-bond acceptors (Lipinski definition) is 4. The summed E-state index contributed by atoms with van der Waals surface area (Å²) in [4.78, 5) is 26.8. The third-order valence-electron chi connectivity index (χ3n) is 4.14. The highest BCUT2D eigenvalue weighted by molar-refractivity contribution is 5.76. The Morgan fingerprint density at radius 2 is 1.86 bits per heavy atom. The van der Waals surface area contributed by atoms with Crippen molar-refractivity contribution in [1.82, 2.24) is 9.80 Å². The van der Waals surface area contributed by atoms with Crippen molar-refractivity contribution < 1.29 is 14.7 Å². The smallest absolute Gasteiger partial charge is 0.317 e. The van der Waals surface area contributed by atoms with Crippen molar-refractivity contribution in [2.24, 2.45) is 11.1 Å². The minimum atomic E-state index is -0.807. The summed E-state index contributed by atoms with van der Waals surface area (Å²) in [7, 11) is 0. The standard InChI is InChI=1S/C15H29N3O3/c1-15(2,6-7-16)5-4-13(19)18-9-3-8-17(10-11-18)12-14(20)21/h3-12,16H2,1-2H3,(H,20,21). The van der Waals surface area contributed by atoms with Gasteiger partial charge in [0.15, 0.2) is 0 Å². The maximum atomic E-state index is 12.3. The van der Waals surface area contributed by atoms with Gasteiger partial charge in [-0.15, -0.1) is 0 Å². The summed E-state index contributed by atoms with van der Waals surface area (Å²) in [6, 6.07) is 0. The first-order chi connectivity index (χ1) is 9.84. The van der Waals surface area contributed by atoms with E-state index < -0.39 is 5.97 Å². The predicted octanol–water partition coefficient (Wildman–Crippen LogP) is 0.761. The molecule has 0 aromatic rings. The molecule has 0 spiro atoms. The van der Waals surface area contributed by atoms with E-state index in [1.54, 1.807) is 0 Å². The number of aliphatic carboxylic acids is 1. The zero-order chi connectivity index (χ0) is 15.9. The molecule has 0 aliphatic carbocycles. The zero-order valence-corrected chi connectivity index (χ0v) is 13.3. The molecule has 21 heavy (non-hydrogen) atoms. The van der Waals surface area contributed by atoms with Crippen LogP contribution >= 0.6 is 0 Å². The van der Waals surface area contributed by atoms with Gasteiger partial charge in [0.1, 0.15) is 0 Å². The van der Waals surface area contributed by atoms with Crippen LogP contribution in [-0.2, 0) is 9.59 Å². The van der Waals surface area contributed by atoms with Gasteiger partial charge in [-0.2, -0.15) is 0 Å². The molecule has 122 valence electrons. The highest BCUT2D eigenvalue weighted by Crippen LogP contribution is 2.26.